The van der Waals surface area contributed by atoms with Crippen LogP contribution in [0.15, 0.2) is 30.1 Å². The second kappa shape index (κ2) is 19.9. The number of ketones is 1. The van der Waals surface area contributed by atoms with Gasteiger partial charge in [-0.3, -0.25) is 14.4 Å². The topological polar surface area (TPSA) is 126 Å². The van der Waals surface area contributed by atoms with Gasteiger partial charge in [-0.1, -0.05) is 131 Å². The third-order valence-corrected chi connectivity index (χ3v) is 12.5. The first kappa shape index (κ1) is 45.8. The maximum Gasteiger partial charge on any atom is 2.00 e. The van der Waals surface area contributed by atoms with E-state index in [0.717, 1.165) is 81.1 Å². The van der Waals surface area contributed by atoms with Gasteiger partial charge in [-0.2, -0.15) is 11.4 Å². The van der Waals surface area contributed by atoms with Gasteiger partial charge in [0.2, 0.25) is 0 Å². The molecule has 3 aliphatic rings. The van der Waals surface area contributed by atoms with Crippen LogP contribution in [-0.4, -0.2) is 54.5 Å². The SMILES string of the molecule is C=Cc1c2[n-]c(c1C)/C=C1\[N-]/C(=C3\c4[n-]c(c(C)c4C(=O)[C@@H]3C(=O)OC)/C=c3\[n-]/c(c(C)c3CC)=C\2)[C@@H](CCC(=O)OC/C=C/CCC[C@H](C)CCCC(C)C)[C@@H]1C.[Mg+2]. The summed E-state index contributed by atoms with van der Waals surface area (Å²) < 4.78 is 10.9. The van der Waals surface area contributed by atoms with Crippen LogP contribution in [0.5, 0.6) is 0 Å². The minimum absolute atomic E-state index is 0. The molecule has 6 rings (SSSR count). The number of carbonyl (C=O) groups is 3. The zero-order valence-electron chi connectivity index (χ0n) is 36.7. The van der Waals surface area contributed by atoms with Crippen molar-refractivity contribution in [2.24, 2.45) is 29.6 Å². The summed E-state index contributed by atoms with van der Waals surface area (Å²) in [7, 11) is 1.29. The van der Waals surface area contributed by atoms with Crippen molar-refractivity contribution in [3.8, 4) is 0 Å². The van der Waals surface area contributed by atoms with Gasteiger partial charge < -0.3 is 29.7 Å². The van der Waals surface area contributed by atoms with Crippen LogP contribution in [0.4, 0.5) is 0 Å². The number of ether oxygens (including phenoxy) is 2. The number of fused-ring (bicyclic) bond motifs is 7. The fourth-order valence-corrected chi connectivity index (χ4v) is 8.92. The maximum atomic E-state index is 14.3. The summed E-state index contributed by atoms with van der Waals surface area (Å²) in [5.74, 6) is -1.55. The van der Waals surface area contributed by atoms with Gasteiger partial charge in [-0.25, -0.2) is 0 Å². The summed E-state index contributed by atoms with van der Waals surface area (Å²) in [4.78, 5) is 56.2. The molecule has 0 N–H and O–H groups in total. The molecule has 0 saturated carbocycles. The molecule has 4 atom stereocenters. The second-order valence-electron chi connectivity index (χ2n) is 16.8. The molecular formula is C49H60MgN4O5-2. The Bertz CT molecular complexity index is 2300. The number of hydrogen-bond donors (Lipinski definition) is 0. The van der Waals surface area contributed by atoms with E-state index in [1.807, 2.05) is 44.2 Å². The number of hydrogen-bond acceptors (Lipinski definition) is 5. The van der Waals surface area contributed by atoms with E-state index >= 15 is 0 Å². The van der Waals surface area contributed by atoms with Crippen LogP contribution in [0.1, 0.15) is 147 Å². The van der Waals surface area contributed by atoms with Crippen LogP contribution >= 0.6 is 0 Å². The Morgan fingerprint density at radius 2 is 1.61 bits per heavy atom. The predicted octanol–water partition coefficient (Wildman–Crippen LogP) is 8.17. The van der Waals surface area contributed by atoms with E-state index in [1.165, 1.54) is 32.8 Å². The minimum Gasteiger partial charge on any atom is -0.664 e. The van der Waals surface area contributed by atoms with Gasteiger partial charge in [-0.05, 0) is 75.7 Å². The Balaban J connectivity index is 0.00000661. The summed E-state index contributed by atoms with van der Waals surface area (Å²) in [5.41, 5.74) is 9.45. The van der Waals surface area contributed by atoms with Gasteiger partial charge >= 0.3 is 35.0 Å². The van der Waals surface area contributed by atoms with Crippen molar-refractivity contribution >= 4 is 70.7 Å². The zero-order chi connectivity index (χ0) is 41.8. The molecule has 0 radical (unpaired) electrons. The van der Waals surface area contributed by atoms with Crippen LogP contribution in [0, 0.1) is 50.4 Å². The van der Waals surface area contributed by atoms with E-state index in [9.17, 15) is 14.4 Å². The number of methoxy groups -OCH3 is 1. The Labute approximate surface area is 366 Å². The normalized spacial score (nSPS) is 21.9. The molecule has 10 heteroatoms. The van der Waals surface area contributed by atoms with E-state index in [4.69, 9.17) is 29.7 Å². The fraction of sp³-hybridized carbons (Fsp3) is 0.490. The number of esters is 2. The van der Waals surface area contributed by atoms with Crippen molar-refractivity contribution in [2.45, 2.75) is 113 Å². The maximum absolute atomic E-state index is 14.3. The third-order valence-electron chi connectivity index (χ3n) is 12.5. The van der Waals surface area contributed by atoms with Gasteiger partial charge in [0, 0.05) is 12.0 Å². The number of carbonyl (C=O) groups excluding carboxylic acids is 3. The van der Waals surface area contributed by atoms with Crippen molar-refractivity contribution in [3.05, 3.63) is 102 Å². The third kappa shape index (κ3) is 9.54. The van der Waals surface area contributed by atoms with E-state index in [1.54, 1.807) is 0 Å². The molecule has 8 bridgehead atoms. The Kier molecular flexibility index (Phi) is 15.4. The Morgan fingerprint density at radius 1 is 0.898 bits per heavy atom. The van der Waals surface area contributed by atoms with Gasteiger partial charge in [0.25, 0.3) is 0 Å². The van der Waals surface area contributed by atoms with Crippen LogP contribution in [0.3, 0.4) is 0 Å². The zero-order valence-corrected chi connectivity index (χ0v) is 38.1. The first-order chi connectivity index (χ1) is 27.8. The molecular weight excluding hydrogens is 749 g/mol. The average molecular weight is 809 g/mol. The van der Waals surface area contributed by atoms with E-state index in [0.29, 0.717) is 40.2 Å². The molecule has 5 heterocycles. The molecule has 310 valence electrons. The van der Waals surface area contributed by atoms with Crippen molar-refractivity contribution in [1.29, 1.82) is 0 Å². The number of allylic oxidation sites excluding steroid dienone is 3. The number of Topliss-reactive ketones (excluding diaryl/α,β-unsaturated/α-hetero) is 1. The molecule has 3 aromatic rings. The average Bonchev–Trinajstić information content (AvgIpc) is 3.93. The Morgan fingerprint density at radius 3 is 2.31 bits per heavy atom. The first-order valence-corrected chi connectivity index (χ1v) is 21.2. The van der Waals surface area contributed by atoms with E-state index < -0.39 is 11.9 Å². The minimum atomic E-state index is -1.22. The summed E-state index contributed by atoms with van der Waals surface area (Å²) in [5, 5.41) is 6.81. The quantitative estimate of drug-likeness (QED) is 0.0467. The summed E-state index contributed by atoms with van der Waals surface area (Å²) in [6, 6.07) is 0. The molecule has 2 aliphatic heterocycles. The van der Waals surface area contributed by atoms with E-state index in [-0.39, 0.29) is 59.7 Å². The van der Waals surface area contributed by atoms with Crippen LogP contribution < -0.4 is 25.7 Å². The molecule has 9 nitrogen and oxygen atoms in total. The molecule has 0 amide bonds. The largest absolute Gasteiger partial charge is 2.00 e. The van der Waals surface area contributed by atoms with Crippen LogP contribution in [-0.2, 0) is 25.5 Å². The molecule has 0 unspecified atom stereocenters. The molecule has 3 aromatic heterocycles. The predicted molar refractivity (Wildman–Crippen MR) is 237 cm³/mol. The Hall–Kier alpha value is -4.28. The number of unbranched alkanes of at least 4 members (excludes halogenated alkanes) is 1. The molecule has 0 spiro atoms. The van der Waals surface area contributed by atoms with Crippen molar-refractivity contribution in [2.75, 3.05) is 13.7 Å². The molecule has 0 aromatic carbocycles. The number of aromatic nitrogens is 3. The fourth-order valence-electron chi connectivity index (χ4n) is 8.92. The summed E-state index contributed by atoms with van der Waals surface area (Å²) >= 11 is 0. The molecule has 1 aliphatic carbocycles. The van der Waals surface area contributed by atoms with Crippen molar-refractivity contribution in [1.82, 2.24) is 15.0 Å². The van der Waals surface area contributed by atoms with Gasteiger partial charge in [0.15, 0.2) is 5.78 Å². The first-order valence-electron chi connectivity index (χ1n) is 21.2. The smallest absolute Gasteiger partial charge is 0.664 e. The summed E-state index contributed by atoms with van der Waals surface area (Å²) in [6.07, 6.45) is 20.2. The van der Waals surface area contributed by atoms with Crippen molar-refractivity contribution in [3.63, 3.8) is 0 Å². The summed E-state index contributed by atoms with van der Waals surface area (Å²) in [6.45, 7) is 21.3. The van der Waals surface area contributed by atoms with Crippen LogP contribution in [0.25, 0.3) is 35.2 Å². The molecule has 1 fully saturated rings. The van der Waals surface area contributed by atoms with E-state index in [2.05, 4.69) is 54.2 Å². The van der Waals surface area contributed by atoms with Crippen molar-refractivity contribution < 1.29 is 23.9 Å². The number of rotatable bonds is 16. The van der Waals surface area contributed by atoms with Crippen LogP contribution in [0.2, 0.25) is 0 Å². The molecule has 59 heavy (non-hydrogen) atoms. The monoisotopic (exact) mass is 808 g/mol. The second-order valence-corrected chi connectivity index (χ2v) is 16.8. The number of nitrogens with zero attached hydrogens (tertiary/aromatic N) is 4. The van der Waals surface area contributed by atoms with Gasteiger partial charge in [0.05, 0.1) is 7.11 Å². The molecule has 1 saturated heterocycles. The van der Waals surface area contributed by atoms with Gasteiger partial charge in [-0.15, -0.1) is 33.5 Å². The van der Waals surface area contributed by atoms with Gasteiger partial charge in [0.1, 0.15) is 12.5 Å². The standard InChI is InChI=1S/C49H61N4O5.Mg/c1-11-33-29(6)36-24-38-31(8)35(21-22-42(54)58-23-16-14-13-15-19-28(5)20-17-18-27(3)4)46(52-38)44-45(49(56)57-10)48(55)43-32(9)39(53-47(43)44)26-41-34(12-2)30(7)37(51-41)25-40(33)50-36;/h11,14,16,24-28,31,35,45H,1,12-13,15,17-23H2,2-10H3,(H-,52,53,55);/q-3;+2/p-1/b16-14+,37-25-,38-24-,41-26-;/t28-,31-,35-,45+;/m0./s1.